The molecule has 0 N–H and O–H groups in total. The van der Waals surface area contributed by atoms with E-state index in [1.165, 1.54) is 38.5 Å². The first kappa shape index (κ1) is 13.0. The molecule has 0 aliphatic rings. The third kappa shape index (κ3) is 12.0. The van der Waals surface area contributed by atoms with Crippen LogP contribution in [0.4, 0.5) is 0 Å². The molecule has 0 spiro atoms. The van der Waals surface area contributed by atoms with E-state index in [0.29, 0.717) is 0 Å². The maximum absolute atomic E-state index is 4.12. The van der Waals surface area contributed by atoms with Crippen molar-refractivity contribution in [2.24, 2.45) is 11.3 Å². The van der Waals surface area contributed by atoms with Gasteiger partial charge in [-0.15, -0.1) is 0 Å². The summed E-state index contributed by atoms with van der Waals surface area (Å²) >= 11 is 0. The lowest BCUT2D eigenvalue weighted by Gasteiger charge is -2.17. The van der Waals surface area contributed by atoms with E-state index in [9.17, 15) is 0 Å². The second kappa shape index (κ2) is 6.45. The van der Waals surface area contributed by atoms with Crippen molar-refractivity contribution in [2.45, 2.75) is 66.2 Å². The summed E-state index contributed by atoms with van der Waals surface area (Å²) in [6.45, 7) is 13.2. The molecule has 13 heavy (non-hydrogen) atoms. The molecule has 0 aromatic rings. The van der Waals surface area contributed by atoms with Crippen molar-refractivity contribution < 1.29 is 0 Å². The Kier molecular flexibility index (Phi) is 6.45. The SMILES string of the molecule is [CH2]C(C)(C)CCCCCCC(C)C. The average molecular weight is 183 g/mol. The summed E-state index contributed by atoms with van der Waals surface area (Å²) in [5.74, 6) is 0.879. The normalized spacial score (nSPS) is 12.5. The van der Waals surface area contributed by atoms with Crippen LogP contribution in [0.25, 0.3) is 0 Å². The highest BCUT2D eigenvalue weighted by Gasteiger charge is 2.08. The van der Waals surface area contributed by atoms with Gasteiger partial charge in [0.05, 0.1) is 0 Å². The van der Waals surface area contributed by atoms with E-state index < -0.39 is 0 Å². The van der Waals surface area contributed by atoms with Crippen molar-refractivity contribution >= 4 is 0 Å². The summed E-state index contributed by atoms with van der Waals surface area (Å²) in [5, 5.41) is 0. The Morgan fingerprint density at radius 2 is 1.54 bits per heavy atom. The predicted octanol–water partition coefficient (Wildman–Crippen LogP) is 4.84. The van der Waals surface area contributed by atoms with Gasteiger partial charge in [-0.1, -0.05) is 59.8 Å². The molecule has 0 aromatic heterocycles. The number of hydrogen-bond acceptors (Lipinski definition) is 0. The van der Waals surface area contributed by atoms with Crippen molar-refractivity contribution in [2.75, 3.05) is 0 Å². The monoisotopic (exact) mass is 183 g/mol. The summed E-state index contributed by atoms with van der Waals surface area (Å²) in [6.07, 6.45) is 8.24. The van der Waals surface area contributed by atoms with Crippen molar-refractivity contribution in [3.05, 3.63) is 6.92 Å². The molecule has 1 radical (unpaired) electrons. The van der Waals surface area contributed by atoms with E-state index in [0.717, 1.165) is 5.92 Å². The van der Waals surface area contributed by atoms with E-state index >= 15 is 0 Å². The molecular weight excluding hydrogens is 156 g/mol. The molecule has 0 atom stereocenters. The van der Waals surface area contributed by atoms with E-state index in [1.54, 1.807) is 0 Å². The van der Waals surface area contributed by atoms with Crippen molar-refractivity contribution in [1.82, 2.24) is 0 Å². The Labute approximate surface area is 85.1 Å². The van der Waals surface area contributed by atoms with Gasteiger partial charge in [-0.3, -0.25) is 0 Å². The molecule has 0 aromatic carbocycles. The zero-order chi connectivity index (χ0) is 10.3. The molecule has 0 unspecified atom stereocenters. The fourth-order valence-electron chi connectivity index (χ4n) is 1.51. The zero-order valence-corrected chi connectivity index (χ0v) is 10.0. The van der Waals surface area contributed by atoms with Gasteiger partial charge in [0, 0.05) is 0 Å². The van der Waals surface area contributed by atoms with Crippen LogP contribution in [-0.2, 0) is 0 Å². The minimum atomic E-state index is 0.290. The fraction of sp³-hybridized carbons (Fsp3) is 0.923. The first-order valence-corrected chi connectivity index (χ1v) is 5.77. The van der Waals surface area contributed by atoms with Crippen molar-refractivity contribution in [3.8, 4) is 0 Å². The smallest absolute Gasteiger partial charge is 0.0354 e. The van der Waals surface area contributed by atoms with Gasteiger partial charge in [0.1, 0.15) is 0 Å². The fourth-order valence-corrected chi connectivity index (χ4v) is 1.51. The van der Waals surface area contributed by atoms with Gasteiger partial charge in [-0.05, 0) is 24.7 Å². The Hall–Kier alpha value is 0. The minimum Gasteiger partial charge on any atom is -0.0628 e. The quantitative estimate of drug-likeness (QED) is 0.495. The van der Waals surface area contributed by atoms with Crippen LogP contribution < -0.4 is 0 Å². The van der Waals surface area contributed by atoms with Gasteiger partial charge in [0.25, 0.3) is 0 Å². The van der Waals surface area contributed by atoms with Gasteiger partial charge in [-0.2, -0.15) is 0 Å². The van der Waals surface area contributed by atoms with Crippen LogP contribution in [0, 0.1) is 18.3 Å². The van der Waals surface area contributed by atoms with Crippen LogP contribution in [0.2, 0.25) is 0 Å². The van der Waals surface area contributed by atoms with E-state index in [-0.39, 0.29) is 5.41 Å². The molecule has 0 heteroatoms. The molecule has 0 rings (SSSR count). The molecule has 0 amide bonds. The van der Waals surface area contributed by atoms with Crippen LogP contribution in [-0.4, -0.2) is 0 Å². The summed E-state index contributed by atoms with van der Waals surface area (Å²) in [7, 11) is 0. The van der Waals surface area contributed by atoms with Crippen molar-refractivity contribution in [3.63, 3.8) is 0 Å². The second-order valence-electron chi connectivity index (χ2n) is 5.51. The maximum atomic E-state index is 4.12. The topological polar surface area (TPSA) is 0 Å². The highest BCUT2D eigenvalue weighted by Crippen LogP contribution is 2.22. The zero-order valence-electron chi connectivity index (χ0n) is 10.0. The van der Waals surface area contributed by atoms with Crippen LogP contribution in [0.1, 0.15) is 66.2 Å². The Morgan fingerprint density at radius 1 is 1.00 bits per heavy atom. The molecular formula is C13H27. The van der Waals surface area contributed by atoms with Gasteiger partial charge >= 0.3 is 0 Å². The van der Waals surface area contributed by atoms with Gasteiger partial charge in [0.2, 0.25) is 0 Å². The first-order valence-electron chi connectivity index (χ1n) is 5.77. The molecule has 0 aliphatic heterocycles. The average Bonchev–Trinajstić information content (AvgIpc) is 1.93. The second-order valence-corrected chi connectivity index (χ2v) is 5.51. The van der Waals surface area contributed by atoms with E-state index in [2.05, 4.69) is 34.6 Å². The standard InChI is InChI=1S/C13H27/c1-12(2)10-8-6-7-9-11-13(3,4)5/h12H,3,6-11H2,1-2,4-5H3. The molecule has 0 saturated heterocycles. The highest BCUT2D eigenvalue weighted by atomic mass is 14.1. The predicted molar refractivity (Wildman–Crippen MR) is 61.7 cm³/mol. The summed E-state index contributed by atoms with van der Waals surface area (Å²) in [4.78, 5) is 0. The van der Waals surface area contributed by atoms with E-state index in [4.69, 9.17) is 0 Å². The highest BCUT2D eigenvalue weighted by molar-refractivity contribution is 4.69. The van der Waals surface area contributed by atoms with Crippen LogP contribution in [0.5, 0.6) is 0 Å². The van der Waals surface area contributed by atoms with E-state index in [1.807, 2.05) is 0 Å². The van der Waals surface area contributed by atoms with Gasteiger partial charge in [0.15, 0.2) is 0 Å². The maximum Gasteiger partial charge on any atom is -0.0354 e. The summed E-state index contributed by atoms with van der Waals surface area (Å²) < 4.78 is 0. The number of unbranched alkanes of at least 4 members (excludes halogenated alkanes) is 3. The van der Waals surface area contributed by atoms with Gasteiger partial charge in [-0.25, -0.2) is 0 Å². The van der Waals surface area contributed by atoms with Crippen molar-refractivity contribution in [1.29, 1.82) is 0 Å². The number of rotatable bonds is 7. The Bertz CT molecular complexity index is 106. The molecule has 0 saturated carbocycles. The first-order chi connectivity index (χ1) is 5.92. The van der Waals surface area contributed by atoms with Crippen LogP contribution >= 0.6 is 0 Å². The third-order valence-electron chi connectivity index (χ3n) is 2.39. The number of hydrogen-bond donors (Lipinski definition) is 0. The molecule has 0 fully saturated rings. The summed E-state index contributed by atoms with van der Waals surface area (Å²) in [6, 6.07) is 0. The minimum absolute atomic E-state index is 0.290. The molecule has 0 nitrogen and oxygen atoms in total. The molecule has 0 aliphatic carbocycles. The van der Waals surface area contributed by atoms with Crippen LogP contribution in [0.15, 0.2) is 0 Å². The molecule has 0 heterocycles. The van der Waals surface area contributed by atoms with Gasteiger partial charge < -0.3 is 0 Å². The molecule has 0 bridgehead atoms. The lowest BCUT2D eigenvalue weighted by atomic mass is 9.89. The lowest BCUT2D eigenvalue weighted by molar-refractivity contribution is 0.400. The largest absolute Gasteiger partial charge is 0.0628 e. The summed E-state index contributed by atoms with van der Waals surface area (Å²) in [5.41, 5.74) is 0.290. The lowest BCUT2D eigenvalue weighted by Crippen LogP contribution is -2.04. The van der Waals surface area contributed by atoms with Crippen LogP contribution in [0.3, 0.4) is 0 Å². The third-order valence-corrected chi connectivity index (χ3v) is 2.39. The molecule has 79 valence electrons. The Morgan fingerprint density at radius 3 is 2.00 bits per heavy atom. The Balaban J connectivity index is 3.09.